The molecule has 0 amide bonds. The van der Waals surface area contributed by atoms with Crippen LogP contribution in [0.1, 0.15) is 44.2 Å². The van der Waals surface area contributed by atoms with Crippen molar-refractivity contribution in [2.45, 2.75) is 51.5 Å². The molecule has 6 heteroatoms. The summed E-state index contributed by atoms with van der Waals surface area (Å²) in [6.07, 6.45) is 7.99. The molecule has 1 aliphatic carbocycles. The number of para-hydroxylation sites is 1. The predicted octanol–water partition coefficient (Wildman–Crippen LogP) is 4.58. The second-order valence-electron chi connectivity index (χ2n) is 7.48. The Hall–Kier alpha value is -1.85. The second-order valence-corrected chi connectivity index (χ2v) is 7.48. The third-order valence-corrected chi connectivity index (χ3v) is 5.54. The van der Waals surface area contributed by atoms with Gasteiger partial charge in [-0.3, -0.25) is 4.68 Å². The van der Waals surface area contributed by atoms with Crippen molar-refractivity contribution < 1.29 is 0 Å². The molecule has 0 spiro atoms. The average Bonchev–Trinajstić information content (AvgIpc) is 2.95. The first-order chi connectivity index (χ1) is 12.7. The smallest absolute Gasteiger partial charge is 0.160 e. The minimum absolute atomic E-state index is 0. The van der Waals surface area contributed by atoms with Crippen LogP contribution in [-0.2, 0) is 7.05 Å². The number of nitrogens with one attached hydrogen (secondary N) is 2. The van der Waals surface area contributed by atoms with Crippen LogP contribution in [-0.4, -0.2) is 33.9 Å². The van der Waals surface area contributed by atoms with Gasteiger partial charge in [-0.1, -0.05) is 37.5 Å². The summed E-state index contributed by atoms with van der Waals surface area (Å²) < 4.78 is 1.88. The largest absolute Gasteiger partial charge is 0.384 e. The van der Waals surface area contributed by atoms with Gasteiger partial charge in [-0.05, 0) is 38.8 Å². The number of fused-ring (bicyclic) bond motifs is 2. The standard InChI is InChI=1S/C21H29N5.ClH/c1-15-19-20(23-14-8-13-22-16-9-4-3-5-10-16)17-11-6-7-12-18(17)24-21(19)26(2)25-15;/h6-7,11-12,16,22H,3-5,8-10,13-14H2,1-2H3,(H,23,24);1H. The normalized spacial score (nSPS) is 15.2. The molecule has 0 bridgehead atoms. The lowest BCUT2D eigenvalue weighted by molar-refractivity contribution is 0.373. The summed E-state index contributed by atoms with van der Waals surface area (Å²) in [5.74, 6) is 0. The number of halogens is 1. The molecule has 1 saturated carbocycles. The molecular formula is C21H30ClN5. The molecule has 5 nitrogen and oxygen atoms in total. The first kappa shape index (κ1) is 19.9. The van der Waals surface area contributed by atoms with E-state index in [-0.39, 0.29) is 12.4 Å². The molecule has 2 N–H and O–H groups in total. The number of anilines is 1. The molecule has 1 fully saturated rings. The highest BCUT2D eigenvalue weighted by atomic mass is 35.5. The van der Waals surface area contributed by atoms with Gasteiger partial charge in [-0.2, -0.15) is 5.10 Å². The molecule has 0 atom stereocenters. The number of pyridine rings is 1. The minimum Gasteiger partial charge on any atom is -0.384 e. The van der Waals surface area contributed by atoms with Crippen molar-refractivity contribution in [3.05, 3.63) is 30.0 Å². The SMILES string of the molecule is Cc1nn(C)c2nc3ccccc3c(NCCCNC3CCCCC3)c12.Cl. The van der Waals surface area contributed by atoms with Crippen molar-refractivity contribution in [3.8, 4) is 0 Å². The Morgan fingerprint density at radius 3 is 2.70 bits per heavy atom. The molecule has 3 aromatic rings. The monoisotopic (exact) mass is 387 g/mol. The Bertz CT molecular complexity index is 898. The van der Waals surface area contributed by atoms with Gasteiger partial charge in [-0.15, -0.1) is 12.4 Å². The summed E-state index contributed by atoms with van der Waals surface area (Å²) in [6, 6.07) is 9.08. The topological polar surface area (TPSA) is 54.8 Å². The van der Waals surface area contributed by atoms with E-state index in [2.05, 4.69) is 40.9 Å². The summed E-state index contributed by atoms with van der Waals surface area (Å²) in [5, 5.41) is 14.3. The van der Waals surface area contributed by atoms with E-state index in [9.17, 15) is 0 Å². The van der Waals surface area contributed by atoms with E-state index < -0.39 is 0 Å². The first-order valence-corrected chi connectivity index (χ1v) is 9.93. The molecular weight excluding hydrogens is 358 g/mol. The van der Waals surface area contributed by atoms with Crippen LogP contribution in [0.2, 0.25) is 0 Å². The van der Waals surface area contributed by atoms with Crippen molar-refractivity contribution in [1.29, 1.82) is 0 Å². The molecule has 146 valence electrons. The van der Waals surface area contributed by atoms with Gasteiger partial charge < -0.3 is 10.6 Å². The molecule has 0 unspecified atom stereocenters. The lowest BCUT2D eigenvalue weighted by Crippen LogP contribution is -2.32. The number of aryl methyl sites for hydroxylation is 2. The maximum Gasteiger partial charge on any atom is 0.160 e. The number of hydrogen-bond acceptors (Lipinski definition) is 4. The molecule has 0 radical (unpaired) electrons. The molecule has 1 aliphatic rings. The Morgan fingerprint density at radius 2 is 1.89 bits per heavy atom. The lowest BCUT2D eigenvalue weighted by atomic mass is 9.95. The highest BCUT2D eigenvalue weighted by molar-refractivity contribution is 6.07. The van der Waals surface area contributed by atoms with Gasteiger partial charge in [-0.25, -0.2) is 4.98 Å². The molecule has 4 rings (SSSR count). The van der Waals surface area contributed by atoms with E-state index in [1.54, 1.807) is 0 Å². The van der Waals surface area contributed by atoms with E-state index in [0.29, 0.717) is 0 Å². The summed E-state index contributed by atoms with van der Waals surface area (Å²) in [4.78, 5) is 4.81. The van der Waals surface area contributed by atoms with Crippen molar-refractivity contribution in [2.75, 3.05) is 18.4 Å². The molecule has 1 aromatic carbocycles. The Morgan fingerprint density at radius 1 is 1.11 bits per heavy atom. The van der Waals surface area contributed by atoms with Crippen LogP contribution in [0, 0.1) is 6.92 Å². The predicted molar refractivity (Wildman–Crippen MR) is 116 cm³/mol. The van der Waals surface area contributed by atoms with E-state index in [4.69, 9.17) is 4.98 Å². The summed E-state index contributed by atoms with van der Waals surface area (Å²) in [7, 11) is 1.97. The van der Waals surface area contributed by atoms with Gasteiger partial charge in [0.15, 0.2) is 5.65 Å². The zero-order valence-corrected chi connectivity index (χ0v) is 17.1. The minimum atomic E-state index is 0. The van der Waals surface area contributed by atoms with Crippen LogP contribution in [0.5, 0.6) is 0 Å². The first-order valence-electron chi connectivity index (χ1n) is 9.93. The highest BCUT2D eigenvalue weighted by Gasteiger charge is 2.15. The molecule has 2 aromatic heterocycles. The maximum atomic E-state index is 4.81. The third kappa shape index (κ3) is 4.19. The van der Waals surface area contributed by atoms with Crippen molar-refractivity contribution >= 4 is 40.0 Å². The Kier molecular flexibility index (Phi) is 6.55. The summed E-state index contributed by atoms with van der Waals surface area (Å²) in [6.45, 7) is 4.10. The van der Waals surface area contributed by atoms with Gasteiger partial charge >= 0.3 is 0 Å². The molecule has 0 saturated heterocycles. The van der Waals surface area contributed by atoms with Gasteiger partial charge in [0.1, 0.15) is 0 Å². The molecule has 27 heavy (non-hydrogen) atoms. The van der Waals surface area contributed by atoms with Gasteiger partial charge in [0.05, 0.1) is 22.3 Å². The van der Waals surface area contributed by atoms with E-state index >= 15 is 0 Å². The third-order valence-electron chi connectivity index (χ3n) is 5.54. The van der Waals surface area contributed by atoms with Crippen molar-refractivity contribution in [1.82, 2.24) is 20.1 Å². The number of benzene rings is 1. The van der Waals surface area contributed by atoms with Crippen LogP contribution in [0.25, 0.3) is 21.9 Å². The van der Waals surface area contributed by atoms with Gasteiger partial charge in [0, 0.05) is 25.0 Å². The highest BCUT2D eigenvalue weighted by Crippen LogP contribution is 2.32. The maximum absolute atomic E-state index is 4.81. The molecule has 2 heterocycles. The number of rotatable bonds is 6. The van der Waals surface area contributed by atoms with Crippen LogP contribution in [0.3, 0.4) is 0 Å². The average molecular weight is 388 g/mol. The van der Waals surface area contributed by atoms with E-state index in [1.807, 2.05) is 17.8 Å². The summed E-state index contributed by atoms with van der Waals surface area (Å²) >= 11 is 0. The number of hydrogen-bond donors (Lipinski definition) is 2. The van der Waals surface area contributed by atoms with Crippen molar-refractivity contribution in [3.63, 3.8) is 0 Å². The van der Waals surface area contributed by atoms with Crippen LogP contribution >= 0.6 is 12.4 Å². The van der Waals surface area contributed by atoms with Gasteiger partial charge in [0.2, 0.25) is 0 Å². The fourth-order valence-corrected chi connectivity index (χ4v) is 4.20. The fourth-order valence-electron chi connectivity index (χ4n) is 4.20. The molecule has 0 aliphatic heterocycles. The Balaban J connectivity index is 0.00000210. The van der Waals surface area contributed by atoms with Crippen LogP contribution in [0.4, 0.5) is 5.69 Å². The second kappa shape index (κ2) is 8.89. The summed E-state index contributed by atoms with van der Waals surface area (Å²) in [5.41, 5.74) is 4.17. The van der Waals surface area contributed by atoms with E-state index in [1.165, 1.54) is 43.2 Å². The fraction of sp³-hybridized carbons (Fsp3) is 0.524. The number of nitrogens with zero attached hydrogens (tertiary/aromatic N) is 3. The van der Waals surface area contributed by atoms with Crippen molar-refractivity contribution in [2.24, 2.45) is 7.05 Å². The lowest BCUT2D eigenvalue weighted by Gasteiger charge is -2.22. The zero-order chi connectivity index (χ0) is 17.9. The zero-order valence-electron chi connectivity index (χ0n) is 16.3. The van der Waals surface area contributed by atoms with Crippen LogP contribution in [0.15, 0.2) is 24.3 Å². The Labute approximate surface area is 167 Å². The quantitative estimate of drug-likeness (QED) is 0.608. The number of aromatic nitrogens is 3. The van der Waals surface area contributed by atoms with Gasteiger partial charge in [0.25, 0.3) is 0 Å². The van der Waals surface area contributed by atoms with Crippen LogP contribution < -0.4 is 10.6 Å². The van der Waals surface area contributed by atoms with E-state index in [0.717, 1.165) is 47.8 Å².